The van der Waals surface area contributed by atoms with Crippen LogP contribution in [0, 0.1) is 6.92 Å². The Morgan fingerprint density at radius 2 is 1.42 bits per heavy atom. The first-order valence-corrected chi connectivity index (χ1v) is 7.38. The highest BCUT2D eigenvalue weighted by atomic mass is 35.5. The van der Waals surface area contributed by atoms with E-state index in [0.717, 1.165) is 6.42 Å². The van der Waals surface area contributed by atoms with E-state index in [1.807, 2.05) is 36.4 Å². The molecular weight excluding hydrogens is 252 g/mol. The van der Waals surface area contributed by atoms with Gasteiger partial charge in [0.25, 0.3) is 0 Å². The van der Waals surface area contributed by atoms with Gasteiger partial charge in [-0.2, -0.15) is 0 Å². The molecule has 0 saturated carbocycles. The molecule has 0 fully saturated rings. The summed E-state index contributed by atoms with van der Waals surface area (Å²) < 4.78 is 0. The van der Waals surface area contributed by atoms with Crippen LogP contribution >= 0.6 is 11.6 Å². The van der Waals surface area contributed by atoms with Gasteiger partial charge in [0.05, 0.1) is 5.38 Å². The second-order valence-corrected chi connectivity index (χ2v) is 5.20. The molecule has 0 aliphatic rings. The fourth-order valence-electron chi connectivity index (χ4n) is 1.75. The van der Waals surface area contributed by atoms with E-state index < -0.39 is 0 Å². The molecule has 0 aromatic heterocycles. The molecule has 0 radical (unpaired) electrons. The smallest absolute Gasteiger partial charge is 0.0585 e. The third-order valence-corrected chi connectivity index (χ3v) is 3.38. The van der Waals surface area contributed by atoms with Crippen molar-refractivity contribution >= 4 is 11.6 Å². The number of hydrogen-bond acceptors (Lipinski definition) is 0. The quantitative estimate of drug-likeness (QED) is 0.587. The zero-order chi connectivity index (χ0) is 13.9. The van der Waals surface area contributed by atoms with E-state index in [4.69, 9.17) is 11.6 Å². The van der Waals surface area contributed by atoms with Crippen molar-refractivity contribution < 1.29 is 0 Å². The molecular formula is C18H23Cl. The Morgan fingerprint density at radius 3 is 1.84 bits per heavy atom. The number of alkyl halides is 1. The predicted molar refractivity (Wildman–Crippen MR) is 85.7 cm³/mol. The van der Waals surface area contributed by atoms with Crippen molar-refractivity contribution in [2.75, 3.05) is 0 Å². The van der Waals surface area contributed by atoms with Crippen LogP contribution in [0.1, 0.15) is 42.7 Å². The number of rotatable bonds is 4. The maximum atomic E-state index is 6.18. The molecule has 0 aliphatic heterocycles. The fraction of sp³-hybridized carbons (Fsp3) is 0.333. The van der Waals surface area contributed by atoms with Crippen LogP contribution in [0.15, 0.2) is 60.7 Å². The van der Waals surface area contributed by atoms with Crippen LogP contribution in [-0.2, 0) is 0 Å². The van der Waals surface area contributed by atoms with Crippen molar-refractivity contribution in [2.45, 2.75) is 38.5 Å². The van der Waals surface area contributed by atoms with E-state index in [2.05, 4.69) is 38.1 Å². The molecule has 0 heterocycles. The van der Waals surface area contributed by atoms with Crippen molar-refractivity contribution in [2.24, 2.45) is 0 Å². The van der Waals surface area contributed by atoms with Crippen LogP contribution in [0.3, 0.4) is 0 Å². The molecule has 19 heavy (non-hydrogen) atoms. The number of aryl methyl sites for hydroxylation is 1. The van der Waals surface area contributed by atoms with Gasteiger partial charge in [-0.1, -0.05) is 86.0 Å². The molecule has 2 rings (SSSR count). The number of hydrogen-bond donors (Lipinski definition) is 0. The predicted octanol–water partition coefficient (Wildman–Crippen LogP) is 6.15. The lowest BCUT2D eigenvalue weighted by Crippen LogP contribution is -1.89. The minimum atomic E-state index is 0.200. The highest BCUT2D eigenvalue weighted by Crippen LogP contribution is 2.25. The first kappa shape index (κ1) is 15.8. The van der Waals surface area contributed by atoms with E-state index in [0.29, 0.717) is 0 Å². The Bertz CT molecular complexity index is 422. The van der Waals surface area contributed by atoms with Gasteiger partial charge in [0, 0.05) is 0 Å². The van der Waals surface area contributed by atoms with E-state index in [1.54, 1.807) is 0 Å². The first-order chi connectivity index (χ1) is 9.24. The minimum absolute atomic E-state index is 0.200. The van der Waals surface area contributed by atoms with Gasteiger partial charge in [-0.05, 0) is 18.9 Å². The summed E-state index contributed by atoms with van der Waals surface area (Å²) >= 11 is 6.18. The Kier molecular flexibility index (Phi) is 8.00. The zero-order valence-corrected chi connectivity index (χ0v) is 12.6. The van der Waals surface area contributed by atoms with E-state index in [1.165, 1.54) is 24.0 Å². The monoisotopic (exact) mass is 274 g/mol. The second kappa shape index (κ2) is 9.63. The van der Waals surface area contributed by atoms with Crippen molar-refractivity contribution in [1.82, 2.24) is 0 Å². The molecule has 1 unspecified atom stereocenters. The van der Waals surface area contributed by atoms with Gasteiger partial charge in [0.1, 0.15) is 0 Å². The molecule has 0 nitrogen and oxygen atoms in total. The largest absolute Gasteiger partial charge is 0.118 e. The van der Waals surface area contributed by atoms with Crippen molar-refractivity contribution in [3.05, 3.63) is 71.8 Å². The summed E-state index contributed by atoms with van der Waals surface area (Å²) in [6.45, 7) is 4.27. The van der Waals surface area contributed by atoms with Crippen LogP contribution in [0.4, 0.5) is 0 Å². The van der Waals surface area contributed by atoms with Gasteiger partial charge in [-0.3, -0.25) is 0 Å². The van der Waals surface area contributed by atoms with Gasteiger partial charge in [0.2, 0.25) is 0 Å². The SMILES string of the molecule is CCCCC(Cl)c1ccccc1.Cc1ccccc1. The van der Waals surface area contributed by atoms with Gasteiger partial charge in [-0.15, -0.1) is 11.6 Å². The molecule has 0 bridgehead atoms. The lowest BCUT2D eigenvalue weighted by molar-refractivity contribution is 0.701. The van der Waals surface area contributed by atoms with E-state index in [9.17, 15) is 0 Å². The van der Waals surface area contributed by atoms with Crippen LogP contribution in [0.25, 0.3) is 0 Å². The Hall–Kier alpha value is -1.27. The molecule has 1 atom stereocenters. The number of halogens is 1. The van der Waals surface area contributed by atoms with Crippen LogP contribution in [0.5, 0.6) is 0 Å². The summed E-state index contributed by atoms with van der Waals surface area (Å²) in [4.78, 5) is 0. The molecule has 0 N–H and O–H groups in total. The van der Waals surface area contributed by atoms with Crippen molar-refractivity contribution in [1.29, 1.82) is 0 Å². The lowest BCUT2D eigenvalue weighted by Gasteiger charge is -2.07. The number of benzene rings is 2. The summed E-state index contributed by atoms with van der Waals surface area (Å²) in [7, 11) is 0. The molecule has 102 valence electrons. The Balaban J connectivity index is 0.000000218. The van der Waals surface area contributed by atoms with Crippen molar-refractivity contribution in [3.8, 4) is 0 Å². The molecule has 2 aromatic carbocycles. The summed E-state index contributed by atoms with van der Waals surface area (Å²) in [5.74, 6) is 0. The molecule has 0 aliphatic carbocycles. The summed E-state index contributed by atoms with van der Waals surface area (Å²) in [5, 5.41) is 0.200. The summed E-state index contributed by atoms with van der Waals surface area (Å²) in [5.41, 5.74) is 2.56. The maximum Gasteiger partial charge on any atom is 0.0585 e. The molecule has 2 aromatic rings. The molecule has 0 spiro atoms. The molecule has 1 heteroatoms. The number of unbranched alkanes of at least 4 members (excludes halogenated alkanes) is 1. The Labute approximate surface area is 122 Å². The Morgan fingerprint density at radius 1 is 0.895 bits per heavy atom. The first-order valence-electron chi connectivity index (χ1n) is 6.94. The average Bonchev–Trinajstić information content (AvgIpc) is 2.47. The van der Waals surface area contributed by atoms with E-state index >= 15 is 0 Å². The van der Waals surface area contributed by atoms with E-state index in [-0.39, 0.29) is 5.38 Å². The maximum absolute atomic E-state index is 6.18. The van der Waals surface area contributed by atoms with Crippen LogP contribution in [0.2, 0.25) is 0 Å². The lowest BCUT2D eigenvalue weighted by atomic mass is 10.1. The minimum Gasteiger partial charge on any atom is -0.118 e. The molecule has 0 saturated heterocycles. The van der Waals surface area contributed by atoms with Gasteiger partial charge in [0.15, 0.2) is 0 Å². The van der Waals surface area contributed by atoms with Crippen LogP contribution in [-0.4, -0.2) is 0 Å². The van der Waals surface area contributed by atoms with Crippen molar-refractivity contribution in [3.63, 3.8) is 0 Å². The zero-order valence-electron chi connectivity index (χ0n) is 11.9. The topological polar surface area (TPSA) is 0 Å². The van der Waals surface area contributed by atoms with Gasteiger partial charge < -0.3 is 0 Å². The fourth-order valence-corrected chi connectivity index (χ4v) is 2.05. The third kappa shape index (κ3) is 7.03. The van der Waals surface area contributed by atoms with Gasteiger partial charge in [-0.25, -0.2) is 0 Å². The second-order valence-electron chi connectivity index (χ2n) is 4.68. The summed E-state index contributed by atoms with van der Waals surface area (Å²) in [6, 6.07) is 20.5. The normalized spacial score (nSPS) is 11.3. The highest BCUT2D eigenvalue weighted by Gasteiger charge is 2.04. The summed E-state index contributed by atoms with van der Waals surface area (Å²) in [6.07, 6.45) is 3.52. The standard InChI is InChI=1S/C11H15Cl.C7H8/c1-2-3-9-11(12)10-7-5-4-6-8-10;1-7-5-3-2-4-6-7/h4-8,11H,2-3,9H2,1H3;2-6H,1H3. The van der Waals surface area contributed by atoms with Gasteiger partial charge >= 0.3 is 0 Å². The molecule has 0 amide bonds. The van der Waals surface area contributed by atoms with Crippen LogP contribution < -0.4 is 0 Å². The third-order valence-electron chi connectivity index (χ3n) is 2.91. The average molecular weight is 275 g/mol. The highest BCUT2D eigenvalue weighted by molar-refractivity contribution is 6.20.